The fourth-order valence-corrected chi connectivity index (χ4v) is 6.58. The number of anilines is 1. The van der Waals surface area contributed by atoms with Gasteiger partial charge in [-0.25, -0.2) is 4.39 Å². The highest BCUT2D eigenvalue weighted by Gasteiger charge is 2.50. The lowest BCUT2D eigenvalue weighted by Gasteiger charge is -2.48. The first kappa shape index (κ1) is 30.2. The zero-order chi connectivity index (χ0) is 29.1. The van der Waals surface area contributed by atoms with Gasteiger partial charge in [-0.1, -0.05) is 85.8 Å². The Bertz CT molecular complexity index is 1320. The minimum Gasteiger partial charge on any atom is -0.489 e. The number of para-hydroxylation sites is 1. The molecule has 0 bridgehead atoms. The third-order valence-corrected chi connectivity index (χ3v) is 13.1. The Morgan fingerprint density at radius 1 is 1.07 bits per heavy atom. The molecule has 0 radical (unpaired) electrons. The van der Waals surface area contributed by atoms with Crippen molar-refractivity contribution in [2.75, 3.05) is 11.5 Å². The average Bonchev–Trinajstić information content (AvgIpc) is 2.90. The van der Waals surface area contributed by atoms with E-state index in [1.807, 2.05) is 53.4 Å². The summed E-state index contributed by atoms with van der Waals surface area (Å²) in [4.78, 5) is 15.6. The highest BCUT2D eigenvalue weighted by Crippen LogP contribution is 2.50. The Labute approximate surface area is 247 Å². The number of hydrogen-bond donors (Lipinski definition) is 0. The van der Waals surface area contributed by atoms with Gasteiger partial charge in [0.1, 0.15) is 18.2 Å². The minimum atomic E-state index is -2.15. The molecule has 3 aromatic rings. The maximum absolute atomic E-state index is 13.8. The molecule has 1 aliphatic heterocycles. The third kappa shape index (κ3) is 6.59. The molecule has 4 rings (SSSR count). The van der Waals surface area contributed by atoms with Crippen molar-refractivity contribution in [2.24, 2.45) is 5.92 Å². The van der Waals surface area contributed by atoms with Crippen LogP contribution in [0.5, 0.6) is 5.75 Å². The standard InChI is InChI=1S/C33H39BrFNO3Si/c1-7-21-38-30-22-24(34)15-18-27(30)31-28(32(37)36(31)26-11-9-8-10-12-26)19-20-29(23-13-16-25(35)17-14-23)39-40(5,6)33(2,3)4/h7-18,22,28-29,31H,1,19-21H2,2-6H3/t28-,29?,31-/m1/s1. The molecule has 1 aliphatic rings. The molecule has 1 amide bonds. The molecule has 1 heterocycles. The van der Waals surface area contributed by atoms with E-state index in [4.69, 9.17) is 9.16 Å². The highest BCUT2D eigenvalue weighted by molar-refractivity contribution is 9.10. The summed E-state index contributed by atoms with van der Waals surface area (Å²) in [5.74, 6) is 0.285. The first-order valence-corrected chi connectivity index (χ1v) is 17.5. The zero-order valence-electron chi connectivity index (χ0n) is 24.0. The number of β-lactam (4-membered cyclic amide) rings is 1. The van der Waals surface area contributed by atoms with E-state index < -0.39 is 8.32 Å². The molecule has 0 N–H and O–H groups in total. The molecule has 0 spiro atoms. The lowest BCUT2D eigenvalue weighted by molar-refractivity contribution is -0.131. The van der Waals surface area contributed by atoms with Gasteiger partial charge in [-0.2, -0.15) is 0 Å². The second-order valence-corrected chi connectivity index (χ2v) is 17.5. The Morgan fingerprint density at radius 2 is 1.75 bits per heavy atom. The molecule has 0 aromatic heterocycles. The summed E-state index contributed by atoms with van der Waals surface area (Å²) in [5, 5.41) is 0.0129. The summed E-state index contributed by atoms with van der Waals surface area (Å²) in [6.45, 7) is 15.2. The van der Waals surface area contributed by atoms with Crippen molar-refractivity contribution in [1.82, 2.24) is 0 Å². The van der Waals surface area contributed by atoms with Crippen LogP contribution in [0.2, 0.25) is 18.1 Å². The fraction of sp³-hybridized carbons (Fsp3) is 0.364. The van der Waals surface area contributed by atoms with Crippen molar-refractivity contribution in [3.05, 3.63) is 107 Å². The summed E-state index contributed by atoms with van der Waals surface area (Å²) < 4.78 is 27.6. The van der Waals surface area contributed by atoms with E-state index in [1.165, 1.54) is 12.1 Å². The normalized spacial score (nSPS) is 18.3. The van der Waals surface area contributed by atoms with Crippen LogP contribution in [0.25, 0.3) is 0 Å². The van der Waals surface area contributed by atoms with Gasteiger partial charge in [-0.15, -0.1) is 0 Å². The zero-order valence-corrected chi connectivity index (χ0v) is 26.6. The van der Waals surface area contributed by atoms with Gasteiger partial charge in [0.2, 0.25) is 5.91 Å². The number of ether oxygens (including phenoxy) is 1. The van der Waals surface area contributed by atoms with Crippen LogP contribution in [0, 0.1) is 11.7 Å². The van der Waals surface area contributed by atoms with E-state index in [0.29, 0.717) is 19.4 Å². The van der Waals surface area contributed by atoms with Crippen molar-refractivity contribution in [3.63, 3.8) is 0 Å². The second-order valence-electron chi connectivity index (χ2n) is 11.9. The smallest absolute Gasteiger partial charge is 0.233 e. The van der Waals surface area contributed by atoms with Gasteiger partial charge in [0.25, 0.3) is 0 Å². The van der Waals surface area contributed by atoms with Gasteiger partial charge >= 0.3 is 0 Å². The van der Waals surface area contributed by atoms with Gasteiger partial charge in [-0.05, 0) is 72.9 Å². The molecule has 0 aliphatic carbocycles. The molecule has 0 saturated carbocycles. The Morgan fingerprint density at radius 3 is 2.38 bits per heavy atom. The molecule has 7 heteroatoms. The van der Waals surface area contributed by atoms with Crippen LogP contribution >= 0.6 is 15.9 Å². The number of halogens is 2. The van der Waals surface area contributed by atoms with Gasteiger partial charge in [-0.3, -0.25) is 4.79 Å². The van der Waals surface area contributed by atoms with Crippen molar-refractivity contribution >= 4 is 35.8 Å². The number of amides is 1. The summed E-state index contributed by atoms with van der Waals surface area (Å²) in [6.07, 6.45) is 2.75. The quantitative estimate of drug-likeness (QED) is 0.121. The monoisotopic (exact) mass is 623 g/mol. The van der Waals surface area contributed by atoms with Crippen LogP contribution in [0.15, 0.2) is 89.9 Å². The molecule has 212 valence electrons. The second kappa shape index (κ2) is 12.4. The molecule has 1 saturated heterocycles. The molecule has 4 nitrogen and oxygen atoms in total. The Kier molecular flexibility index (Phi) is 9.38. The molecule has 40 heavy (non-hydrogen) atoms. The van der Waals surface area contributed by atoms with E-state index in [-0.39, 0.29) is 34.8 Å². The maximum atomic E-state index is 13.8. The SMILES string of the molecule is C=CCOc1cc(Br)ccc1[C@@H]1[C@@H](CCC(O[Si](C)(C)C(C)(C)C)c2ccc(F)cc2)C(=O)N1c1ccccc1. The lowest BCUT2D eigenvalue weighted by atomic mass is 9.78. The van der Waals surface area contributed by atoms with Crippen molar-refractivity contribution in [2.45, 2.75) is 63.9 Å². The highest BCUT2D eigenvalue weighted by atomic mass is 79.9. The molecule has 3 atom stereocenters. The summed E-state index contributed by atoms with van der Waals surface area (Å²) in [7, 11) is -2.15. The van der Waals surface area contributed by atoms with E-state index in [2.05, 4.69) is 56.4 Å². The number of carbonyl (C=O) groups excluding carboxylic acids is 1. The predicted octanol–water partition coefficient (Wildman–Crippen LogP) is 9.40. The van der Waals surface area contributed by atoms with Crippen LogP contribution in [0.4, 0.5) is 10.1 Å². The van der Waals surface area contributed by atoms with Crippen LogP contribution in [-0.2, 0) is 9.22 Å². The number of rotatable bonds is 11. The van der Waals surface area contributed by atoms with E-state index in [9.17, 15) is 9.18 Å². The van der Waals surface area contributed by atoms with Gasteiger partial charge in [0.15, 0.2) is 8.32 Å². The van der Waals surface area contributed by atoms with Gasteiger partial charge in [0, 0.05) is 15.7 Å². The molecular weight excluding hydrogens is 585 g/mol. The fourth-order valence-electron chi connectivity index (χ4n) is 4.92. The first-order chi connectivity index (χ1) is 18.9. The van der Waals surface area contributed by atoms with Crippen molar-refractivity contribution < 1.29 is 18.3 Å². The van der Waals surface area contributed by atoms with Crippen LogP contribution in [-0.4, -0.2) is 20.8 Å². The molecule has 1 fully saturated rings. The maximum Gasteiger partial charge on any atom is 0.233 e. The molecular formula is C33H39BrFNO3Si. The first-order valence-electron chi connectivity index (χ1n) is 13.8. The number of nitrogens with zero attached hydrogens (tertiary/aromatic N) is 1. The number of carbonyl (C=O) groups is 1. The van der Waals surface area contributed by atoms with Gasteiger partial charge < -0.3 is 14.1 Å². The average molecular weight is 625 g/mol. The number of hydrogen-bond acceptors (Lipinski definition) is 3. The van der Waals surface area contributed by atoms with E-state index >= 15 is 0 Å². The Balaban J connectivity index is 1.67. The van der Waals surface area contributed by atoms with Crippen molar-refractivity contribution in [1.29, 1.82) is 0 Å². The Hall–Kier alpha value is -2.74. The summed E-state index contributed by atoms with van der Waals surface area (Å²) >= 11 is 3.56. The van der Waals surface area contributed by atoms with Crippen LogP contribution in [0.3, 0.4) is 0 Å². The van der Waals surface area contributed by atoms with Crippen LogP contribution < -0.4 is 9.64 Å². The third-order valence-electron chi connectivity index (χ3n) is 8.12. The molecule has 1 unspecified atom stereocenters. The minimum absolute atomic E-state index is 0.0129. The predicted molar refractivity (Wildman–Crippen MR) is 167 cm³/mol. The van der Waals surface area contributed by atoms with E-state index in [0.717, 1.165) is 27.0 Å². The van der Waals surface area contributed by atoms with Crippen molar-refractivity contribution in [3.8, 4) is 5.75 Å². The van der Waals surface area contributed by atoms with Gasteiger partial charge in [0.05, 0.1) is 18.1 Å². The lowest BCUT2D eigenvalue weighted by Crippen LogP contribution is -2.55. The summed E-state index contributed by atoms with van der Waals surface area (Å²) in [6, 6.07) is 22.1. The topological polar surface area (TPSA) is 38.8 Å². The van der Waals surface area contributed by atoms with Crippen LogP contribution in [0.1, 0.15) is 56.9 Å². The van der Waals surface area contributed by atoms with E-state index in [1.54, 1.807) is 18.2 Å². The summed E-state index contributed by atoms with van der Waals surface area (Å²) in [5.41, 5.74) is 2.76. The largest absolute Gasteiger partial charge is 0.489 e. The molecule has 3 aromatic carbocycles. The number of benzene rings is 3.